The van der Waals surface area contributed by atoms with Gasteiger partial charge in [-0.25, -0.2) is 4.39 Å². The van der Waals surface area contributed by atoms with Crippen molar-refractivity contribution in [3.8, 4) is 43.9 Å². The van der Waals surface area contributed by atoms with Gasteiger partial charge >= 0.3 is 0 Å². The Morgan fingerprint density at radius 3 is 2.04 bits per heavy atom. The molecule has 2 aliphatic heterocycles. The van der Waals surface area contributed by atoms with Crippen LogP contribution >= 0.6 is 22.7 Å². The first-order valence-corrected chi connectivity index (χ1v) is 9.61. The van der Waals surface area contributed by atoms with Crippen LogP contribution in [0.25, 0.3) is 20.9 Å². The lowest BCUT2D eigenvalue weighted by Gasteiger charge is -2.17. The van der Waals surface area contributed by atoms with Crippen molar-refractivity contribution in [1.82, 2.24) is 0 Å². The molecule has 0 saturated heterocycles. The number of hydrogen-bond donors (Lipinski definition) is 0. The average Bonchev–Trinajstić information content (AvgIpc) is 3.26. The van der Waals surface area contributed by atoms with Crippen molar-refractivity contribution in [2.24, 2.45) is 0 Å². The quantitative estimate of drug-likeness (QED) is 0.642. The molecule has 3 aromatic rings. The van der Waals surface area contributed by atoms with E-state index in [9.17, 15) is 4.39 Å². The topological polar surface area (TPSA) is 36.9 Å². The molecular weight excluding hydrogens is 363 g/mol. The molecule has 4 heterocycles. The fourth-order valence-corrected chi connectivity index (χ4v) is 4.84. The minimum absolute atomic E-state index is 0.296. The van der Waals surface area contributed by atoms with Crippen molar-refractivity contribution in [3.63, 3.8) is 0 Å². The van der Waals surface area contributed by atoms with E-state index in [-0.39, 0.29) is 5.82 Å². The Morgan fingerprint density at radius 1 is 0.760 bits per heavy atom. The Kier molecular flexibility index (Phi) is 3.57. The highest BCUT2D eigenvalue weighted by Crippen LogP contribution is 2.49. The predicted molar refractivity (Wildman–Crippen MR) is 95.0 cm³/mol. The molecule has 4 nitrogen and oxygen atoms in total. The monoisotopic (exact) mass is 376 g/mol. The van der Waals surface area contributed by atoms with Crippen LogP contribution in [0.2, 0.25) is 0 Å². The van der Waals surface area contributed by atoms with Gasteiger partial charge in [-0.05, 0) is 17.7 Å². The Hall–Kier alpha value is -2.25. The van der Waals surface area contributed by atoms with Crippen molar-refractivity contribution in [1.29, 1.82) is 0 Å². The minimum Gasteiger partial charge on any atom is -0.485 e. The van der Waals surface area contributed by atoms with Gasteiger partial charge in [0.2, 0.25) is 0 Å². The van der Waals surface area contributed by atoms with Crippen molar-refractivity contribution in [2.75, 3.05) is 26.4 Å². The van der Waals surface area contributed by atoms with E-state index in [1.54, 1.807) is 6.07 Å². The lowest BCUT2D eigenvalue weighted by Crippen LogP contribution is -2.14. The molecule has 0 fully saturated rings. The van der Waals surface area contributed by atoms with Gasteiger partial charge in [-0.1, -0.05) is 6.07 Å². The second kappa shape index (κ2) is 5.93. The summed E-state index contributed by atoms with van der Waals surface area (Å²) in [5.74, 6) is 2.46. The van der Waals surface area contributed by atoms with E-state index in [4.69, 9.17) is 18.9 Å². The molecule has 1 aromatic carbocycles. The molecule has 0 unspecified atom stereocenters. The molecule has 7 heteroatoms. The molecule has 0 spiro atoms. The maximum absolute atomic E-state index is 14.9. The van der Waals surface area contributed by atoms with E-state index in [1.165, 1.54) is 28.7 Å². The normalized spacial score (nSPS) is 15.2. The molecule has 0 N–H and O–H groups in total. The molecule has 25 heavy (non-hydrogen) atoms. The van der Waals surface area contributed by atoms with Crippen LogP contribution in [0.5, 0.6) is 23.0 Å². The second-order valence-electron chi connectivity index (χ2n) is 5.60. The van der Waals surface area contributed by atoms with Gasteiger partial charge in [-0.15, -0.1) is 22.7 Å². The van der Waals surface area contributed by atoms with Gasteiger partial charge in [0, 0.05) is 16.3 Å². The van der Waals surface area contributed by atoms with Crippen LogP contribution in [0.15, 0.2) is 29.0 Å². The number of hydrogen-bond acceptors (Lipinski definition) is 6. The first-order chi connectivity index (χ1) is 12.3. The van der Waals surface area contributed by atoms with E-state index in [1.807, 2.05) is 16.8 Å². The summed E-state index contributed by atoms with van der Waals surface area (Å²) in [6.07, 6.45) is 0. The van der Waals surface area contributed by atoms with Crippen LogP contribution in [0.4, 0.5) is 4.39 Å². The number of fused-ring (bicyclic) bond motifs is 2. The van der Waals surface area contributed by atoms with Crippen LogP contribution in [0.1, 0.15) is 0 Å². The number of halogens is 1. The lowest BCUT2D eigenvalue weighted by atomic mass is 10.1. The SMILES string of the molecule is Fc1cc(-c2scc3c2OCCO3)ccc1-c1scc2c1OCCO2. The molecule has 128 valence electrons. The van der Waals surface area contributed by atoms with Crippen molar-refractivity contribution in [3.05, 3.63) is 34.8 Å². The Bertz CT molecular complexity index is 947. The summed E-state index contributed by atoms with van der Waals surface area (Å²) >= 11 is 2.92. The third-order valence-electron chi connectivity index (χ3n) is 4.08. The highest BCUT2D eigenvalue weighted by atomic mass is 32.1. The van der Waals surface area contributed by atoms with E-state index >= 15 is 0 Å². The first-order valence-electron chi connectivity index (χ1n) is 7.86. The van der Waals surface area contributed by atoms with Crippen LogP contribution in [-0.2, 0) is 0 Å². The summed E-state index contributed by atoms with van der Waals surface area (Å²) < 4.78 is 37.3. The van der Waals surface area contributed by atoms with E-state index in [2.05, 4.69) is 0 Å². The zero-order valence-corrected chi connectivity index (χ0v) is 14.7. The summed E-state index contributed by atoms with van der Waals surface area (Å²) in [7, 11) is 0. The smallest absolute Gasteiger partial charge is 0.180 e. The molecule has 2 aliphatic rings. The largest absolute Gasteiger partial charge is 0.485 e. The lowest BCUT2D eigenvalue weighted by molar-refractivity contribution is 0.174. The van der Waals surface area contributed by atoms with Crippen LogP contribution in [0.3, 0.4) is 0 Å². The zero-order valence-electron chi connectivity index (χ0n) is 13.0. The minimum atomic E-state index is -0.296. The Balaban J connectivity index is 1.55. The average molecular weight is 376 g/mol. The molecule has 0 aliphatic carbocycles. The highest BCUT2D eigenvalue weighted by Gasteiger charge is 2.24. The van der Waals surface area contributed by atoms with Gasteiger partial charge in [-0.2, -0.15) is 0 Å². The van der Waals surface area contributed by atoms with E-state index in [0.717, 1.165) is 21.1 Å². The number of ether oxygens (including phenoxy) is 4. The molecule has 0 radical (unpaired) electrons. The summed E-state index contributed by atoms with van der Waals surface area (Å²) in [6.45, 7) is 2.06. The molecular formula is C18H13FO4S2. The standard InChI is InChI=1S/C18H13FO4S2/c19-12-7-10(17-15-13(8-24-17)20-3-5-22-15)1-2-11(12)18-16-14(9-25-18)21-4-6-23-16/h1-2,7-9H,3-6H2. The Morgan fingerprint density at radius 2 is 1.36 bits per heavy atom. The molecule has 2 aromatic heterocycles. The van der Waals surface area contributed by atoms with Gasteiger partial charge in [0.25, 0.3) is 0 Å². The summed E-state index contributed by atoms with van der Waals surface area (Å²) in [4.78, 5) is 1.64. The first kappa shape index (κ1) is 15.0. The van der Waals surface area contributed by atoms with Crippen LogP contribution in [0, 0.1) is 5.82 Å². The fraction of sp³-hybridized carbons (Fsp3) is 0.222. The van der Waals surface area contributed by atoms with Crippen molar-refractivity contribution < 1.29 is 23.3 Å². The van der Waals surface area contributed by atoms with Gasteiger partial charge in [-0.3, -0.25) is 0 Å². The van der Waals surface area contributed by atoms with Gasteiger partial charge in [0.15, 0.2) is 23.0 Å². The summed E-state index contributed by atoms with van der Waals surface area (Å²) in [6, 6.07) is 5.22. The van der Waals surface area contributed by atoms with Crippen molar-refractivity contribution >= 4 is 22.7 Å². The zero-order chi connectivity index (χ0) is 16.8. The van der Waals surface area contributed by atoms with Gasteiger partial charge < -0.3 is 18.9 Å². The van der Waals surface area contributed by atoms with Crippen LogP contribution in [-0.4, -0.2) is 26.4 Å². The van der Waals surface area contributed by atoms with Gasteiger partial charge in [0.05, 0.1) is 9.75 Å². The third kappa shape index (κ3) is 2.46. The Labute approximate surface area is 151 Å². The predicted octanol–water partition coefficient (Wildman–Crippen LogP) is 4.83. The number of rotatable bonds is 2. The third-order valence-corrected chi connectivity index (χ3v) is 6.04. The summed E-state index contributed by atoms with van der Waals surface area (Å²) in [5, 5.41) is 3.76. The van der Waals surface area contributed by atoms with Crippen LogP contribution < -0.4 is 18.9 Å². The van der Waals surface area contributed by atoms with Gasteiger partial charge in [0.1, 0.15) is 32.2 Å². The maximum Gasteiger partial charge on any atom is 0.180 e. The maximum atomic E-state index is 14.9. The fourth-order valence-electron chi connectivity index (χ4n) is 2.95. The van der Waals surface area contributed by atoms with E-state index in [0.29, 0.717) is 49.2 Å². The molecule has 5 rings (SSSR count). The molecule has 0 amide bonds. The molecule has 0 bridgehead atoms. The second-order valence-corrected chi connectivity index (χ2v) is 7.36. The summed E-state index contributed by atoms with van der Waals surface area (Å²) in [5.41, 5.74) is 1.30. The van der Waals surface area contributed by atoms with E-state index < -0.39 is 0 Å². The van der Waals surface area contributed by atoms with Crippen molar-refractivity contribution in [2.45, 2.75) is 0 Å². The highest BCUT2D eigenvalue weighted by molar-refractivity contribution is 7.14. The molecule has 0 saturated carbocycles. The number of benzene rings is 1. The number of thiophene rings is 2. The molecule has 0 atom stereocenters.